The van der Waals surface area contributed by atoms with Crippen molar-refractivity contribution < 1.29 is 24.5 Å². The van der Waals surface area contributed by atoms with Crippen molar-refractivity contribution in [2.75, 3.05) is 26.2 Å². The van der Waals surface area contributed by atoms with Crippen molar-refractivity contribution in [1.82, 2.24) is 10.2 Å². The maximum atomic E-state index is 11.7. The summed E-state index contributed by atoms with van der Waals surface area (Å²) in [6, 6.07) is -0.286. The second kappa shape index (κ2) is 6.90. The van der Waals surface area contributed by atoms with E-state index in [0.717, 1.165) is 0 Å². The van der Waals surface area contributed by atoms with E-state index < -0.39 is 23.6 Å². The normalized spacial score (nSPS) is 24.2. The number of piperidine rings is 1. The fourth-order valence-electron chi connectivity index (χ4n) is 2.27. The van der Waals surface area contributed by atoms with Crippen LogP contribution in [-0.2, 0) is 9.53 Å². The number of ether oxygens (including phenoxy) is 1. The summed E-state index contributed by atoms with van der Waals surface area (Å²) >= 11 is 0. The number of amides is 1. The first-order valence-corrected chi connectivity index (χ1v) is 6.77. The Bertz CT molecular complexity index is 353. The van der Waals surface area contributed by atoms with E-state index in [1.54, 1.807) is 20.8 Å². The van der Waals surface area contributed by atoms with Gasteiger partial charge >= 0.3 is 12.1 Å². The van der Waals surface area contributed by atoms with E-state index in [2.05, 4.69) is 5.32 Å². The highest BCUT2D eigenvalue weighted by molar-refractivity contribution is 5.71. The molecule has 1 aliphatic heterocycles. The highest BCUT2D eigenvalue weighted by Gasteiger charge is 2.32. The highest BCUT2D eigenvalue weighted by Crippen LogP contribution is 2.18. The lowest BCUT2D eigenvalue weighted by molar-refractivity contribution is -0.144. The number of hydrogen-bond acceptors (Lipinski definition) is 5. The number of nitrogens with one attached hydrogen (secondary N) is 1. The third-order valence-electron chi connectivity index (χ3n) is 3.01. The number of β-amino-alcohol motifs (C(OH)–C–C–N with tert-alkyl or cyclic N) is 1. The summed E-state index contributed by atoms with van der Waals surface area (Å²) in [5.74, 6) is -1.43. The number of likely N-dealkylation sites (tertiary alicyclic amines) is 1. The number of nitrogens with zero attached hydrogens (tertiary/aromatic N) is 1. The Morgan fingerprint density at radius 1 is 1.35 bits per heavy atom. The Hall–Kier alpha value is -1.34. The van der Waals surface area contributed by atoms with Crippen LogP contribution < -0.4 is 5.32 Å². The molecule has 3 N–H and O–H groups in total. The van der Waals surface area contributed by atoms with E-state index >= 15 is 0 Å². The Balaban J connectivity index is 2.58. The fourth-order valence-corrected chi connectivity index (χ4v) is 2.27. The van der Waals surface area contributed by atoms with Gasteiger partial charge in [0.15, 0.2) is 0 Å². The molecule has 0 aromatic heterocycles. The Labute approximate surface area is 118 Å². The van der Waals surface area contributed by atoms with Crippen LogP contribution in [0.5, 0.6) is 0 Å². The van der Waals surface area contributed by atoms with Crippen LogP contribution in [0.15, 0.2) is 0 Å². The molecule has 1 fully saturated rings. The molecular formula is C13H24N2O5. The quantitative estimate of drug-likeness (QED) is 0.687. The fraction of sp³-hybridized carbons (Fsp3) is 0.846. The topological polar surface area (TPSA) is 99.1 Å². The van der Waals surface area contributed by atoms with Crippen molar-refractivity contribution in [3.8, 4) is 0 Å². The largest absolute Gasteiger partial charge is 0.481 e. The van der Waals surface area contributed by atoms with Gasteiger partial charge in [-0.05, 0) is 27.2 Å². The molecule has 1 rings (SSSR count). The number of carboxylic acids is 1. The van der Waals surface area contributed by atoms with Gasteiger partial charge in [0.2, 0.25) is 0 Å². The van der Waals surface area contributed by atoms with E-state index in [-0.39, 0.29) is 12.6 Å². The molecular weight excluding hydrogens is 264 g/mol. The number of aliphatic hydroxyl groups is 1. The van der Waals surface area contributed by atoms with Crippen LogP contribution in [0.25, 0.3) is 0 Å². The van der Waals surface area contributed by atoms with Crippen molar-refractivity contribution in [2.24, 2.45) is 5.92 Å². The first kappa shape index (κ1) is 16.7. The lowest BCUT2D eigenvalue weighted by atomic mass is 9.94. The molecule has 2 unspecified atom stereocenters. The number of carboxylic acid groups (broad SMARTS) is 1. The third kappa shape index (κ3) is 5.75. The first-order valence-electron chi connectivity index (χ1n) is 6.77. The highest BCUT2D eigenvalue weighted by atomic mass is 16.6. The average Bonchev–Trinajstić information content (AvgIpc) is 2.26. The number of aliphatic hydroxyl groups excluding tert-OH is 1. The van der Waals surface area contributed by atoms with E-state index in [1.165, 1.54) is 0 Å². The first-order chi connectivity index (χ1) is 9.21. The van der Waals surface area contributed by atoms with Gasteiger partial charge in [0.1, 0.15) is 5.60 Å². The third-order valence-corrected chi connectivity index (χ3v) is 3.01. The molecule has 2 atom stereocenters. The summed E-state index contributed by atoms with van der Waals surface area (Å²) in [5.41, 5.74) is -0.588. The minimum Gasteiger partial charge on any atom is -0.481 e. The molecule has 7 nitrogen and oxygen atoms in total. The predicted octanol–water partition coefficient (Wildman–Crippen LogP) is 0.279. The standard InChI is InChI=1S/C13H24N2O5/c1-13(2,3)20-12(19)14-10-6-9(11(17)18)7-15(8-10)4-5-16/h9-10,16H,4-8H2,1-3H3,(H,14,19)(H,17,18). The molecule has 7 heteroatoms. The van der Waals surface area contributed by atoms with E-state index in [1.807, 2.05) is 4.90 Å². The molecule has 116 valence electrons. The monoisotopic (exact) mass is 288 g/mol. The van der Waals surface area contributed by atoms with Gasteiger partial charge in [-0.25, -0.2) is 4.79 Å². The average molecular weight is 288 g/mol. The minimum absolute atomic E-state index is 0.0362. The van der Waals surface area contributed by atoms with Crippen LogP contribution in [0.3, 0.4) is 0 Å². The second-order valence-corrected chi connectivity index (χ2v) is 6.10. The van der Waals surface area contributed by atoms with E-state index in [9.17, 15) is 9.59 Å². The van der Waals surface area contributed by atoms with Crippen molar-refractivity contribution in [2.45, 2.75) is 38.8 Å². The van der Waals surface area contributed by atoms with Crippen molar-refractivity contribution in [1.29, 1.82) is 0 Å². The molecule has 0 aromatic rings. The lowest BCUT2D eigenvalue weighted by Gasteiger charge is -2.36. The minimum atomic E-state index is -0.886. The van der Waals surface area contributed by atoms with Crippen LogP contribution in [0, 0.1) is 5.92 Å². The zero-order valence-corrected chi connectivity index (χ0v) is 12.3. The summed E-state index contributed by atoms with van der Waals surface area (Å²) in [6.45, 7) is 6.58. The number of aliphatic carboxylic acids is 1. The molecule has 0 saturated carbocycles. The van der Waals surface area contributed by atoms with Crippen molar-refractivity contribution in [3.63, 3.8) is 0 Å². The summed E-state index contributed by atoms with van der Waals surface area (Å²) in [7, 11) is 0. The predicted molar refractivity (Wildman–Crippen MR) is 72.4 cm³/mol. The zero-order valence-electron chi connectivity index (χ0n) is 12.3. The molecule has 1 saturated heterocycles. The summed E-state index contributed by atoms with van der Waals surface area (Å²) < 4.78 is 5.17. The van der Waals surface area contributed by atoms with Gasteiger partial charge < -0.3 is 20.3 Å². The Morgan fingerprint density at radius 3 is 2.50 bits per heavy atom. The molecule has 20 heavy (non-hydrogen) atoms. The molecule has 0 radical (unpaired) electrons. The number of rotatable bonds is 4. The molecule has 0 aliphatic carbocycles. The van der Waals surface area contributed by atoms with Gasteiger partial charge in [-0.15, -0.1) is 0 Å². The van der Waals surface area contributed by atoms with E-state index in [4.69, 9.17) is 14.9 Å². The van der Waals surface area contributed by atoms with Crippen LogP contribution in [0.4, 0.5) is 4.79 Å². The van der Waals surface area contributed by atoms with Gasteiger partial charge in [0.25, 0.3) is 0 Å². The van der Waals surface area contributed by atoms with Gasteiger partial charge in [-0.1, -0.05) is 0 Å². The summed E-state index contributed by atoms with van der Waals surface area (Å²) in [4.78, 5) is 24.7. The van der Waals surface area contributed by atoms with Gasteiger partial charge in [-0.2, -0.15) is 0 Å². The number of carbonyl (C=O) groups excluding carboxylic acids is 1. The van der Waals surface area contributed by atoms with E-state index in [0.29, 0.717) is 26.1 Å². The molecule has 1 heterocycles. The second-order valence-electron chi connectivity index (χ2n) is 6.10. The number of hydrogen-bond donors (Lipinski definition) is 3. The number of carbonyl (C=O) groups is 2. The Morgan fingerprint density at radius 2 is 2.00 bits per heavy atom. The van der Waals surface area contributed by atoms with Crippen LogP contribution >= 0.6 is 0 Å². The molecule has 0 bridgehead atoms. The zero-order chi connectivity index (χ0) is 15.3. The maximum absolute atomic E-state index is 11.7. The molecule has 0 spiro atoms. The molecule has 1 aliphatic rings. The van der Waals surface area contributed by atoms with Crippen LogP contribution in [0.2, 0.25) is 0 Å². The van der Waals surface area contributed by atoms with Crippen LogP contribution in [0.1, 0.15) is 27.2 Å². The van der Waals surface area contributed by atoms with Crippen LogP contribution in [-0.4, -0.2) is 65.1 Å². The van der Waals surface area contributed by atoms with Gasteiger partial charge in [0, 0.05) is 25.7 Å². The molecule has 0 aromatic carbocycles. The SMILES string of the molecule is CC(C)(C)OC(=O)NC1CC(C(=O)O)CN(CCO)C1. The van der Waals surface area contributed by atoms with Gasteiger partial charge in [0.05, 0.1) is 12.5 Å². The van der Waals surface area contributed by atoms with Crippen molar-refractivity contribution >= 4 is 12.1 Å². The maximum Gasteiger partial charge on any atom is 0.407 e. The van der Waals surface area contributed by atoms with Crippen molar-refractivity contribution in [3.05, 3.63) is 0 Å². The lowest BCUT2D eigenvalue weighted by Crippen LogP contribution is -2.53. The summed E-state index contributed by atoms with van der Waals surface area (Å²) in [6.07, 6.45) is -0.172. The molecule has 1 amide bonds. The summed E-state index contributed by atoms with van der Waals surface area (Å²) in [5, 5.41) is 20.8. The Kier molecular flexibility index (Phi) is 5.76. The number of alkyl carbamates (subject to hydrolysis) is 1. The van der Waals surface area contributed by atoms with Gasteiger partial charge in [-0.3, -0.25) is 9.69 Å². The smallest absolute Gasteiger partial charge is 0.407 e.